The Kier molecular flexibility index (Phi) is 5.13. The fourth-order valence-corrected chi connectivity index (χ4v) is 11.0. The molecule has 2 atom stereocenters. The van der Waals surface area contributed by atoms with Crippen molar-refractivity contribution in [2.75, 3.05) is 19.6 Å². The molecule has 9 rings (SSSR count). The van der Waals surface area contributed by atoms with Gasteiger partial charge in [0, 0.05) is 0 Å². The molecule has 0 radical (unpaired) electrons. The van der Waals surface area contributed by atoms with Gasteiger partial charge in [-0.25, -0.2) is 0 Å². The summed E-state index contributed by atoms with van der Waals surface area (Å²) in [6.07, 6.45) is 5.06. The van der Waals surface area contributed by atoms with Crippen molar-refractivity contribution in [2.45, 2.75) is 50.9 Å². The number of anilines is 4. The number of rotatable bonds is 0. The van der Waals surface area contributed by atoms with E-state index in [4.69, 9.17) is 4.74 Å². The Hall–Kier alpha value is -3.69. The average molecular weight is 706 g/mol. The van der Waals surface area contributed by atoms with Gasteiger partial charge in [-0.05, 0) is 0 Å². The van der Waals surface area contributed by atoms with Gasteiger partial charge in [0.1, 0.15) is 0 Å². The molecular weight excluding hydrogens is 675 g/mol. The normalized spacial score (nSPS) is 22.4. The minimum atomic E-state index is -0.514. The standard InChI is InChI=1S/C34H30N4O.Pt/c1-3-15-31-29(13-1)35-21-25-9-7-11-27(19-25)39-28-12-8-10-26(20-28)22-36-24-38(32-16-4-2-14-30(32)36)34-18-6-5-17-33(34)37(31)23-35;/h1-4,7-16,19-20,33-34H,5-6,17-18,21-22H2;. The van der Waals surface area contributed by atoms with E-state index in [0.29, 0.717) is 12.1 Å². The van der Waals surface area contributed by atoms with E-state index in [9.17, 15) is 0 Å². The summed E-state index contributed by atoms with van der Waals surface area (Å²) in [5.41, 5.74) is 8.02. The van der Waals surface area contributed by atoms with E-state index in [0.717, 1.165) is 24.6 Å². The van der Waals surface area contributed by atoms with Crippen LogP contribution < -0.4 is 24.3 Å². The van der Waals surface area contributed by atoms with Crippen LogP contribution in [0.5, 0.6) is 11.5 Å². The number of para-hydroxylation sites is 4. The van der Waals surface area contributed by atoms with Crippen LogP contribution in [0.15, 0.2) is 97.1 Å². The van der Waals surface area contributed by atoms with Crippen molar-refractivity contribution in [3.8, 4) is 11.5 Å². The molecule has 6 bridgehead atoms. The summed E-state index contributed by atoms with van der Waals surface area (Å²) in [6, 6.07) is 36.5. The van der Waals surface area contributed by atoms with Crippen molar-refractivity contribution in [1.82, 2.24) is 0 Å². The summed E-state index contributed by atoms with van der Waals surface area (Å²) in [6.45, 7) is 1.69. The summed E-state index contributed by atoms with van der Waals surface area (Å²) in [7, 11) is 0. The third kappa shape index (κ3) is 3.43. The van der Waals surface area contributed by atoms with Crippen LogP contribution in [-0.2, 0) is 30.7 Å². The molecule has 5 nitrogen and oxygen atoms in total. The fraction of sp³-hybridized carbons (Fsp3) is 0.235. The number of nitrogens with zero attached hydrogens (tertiary/aromatic N) is 4. The van der Waals surface area contributed by atoms with Gasteiger partial charge in [0.25, 0.3) is 0 Å². The molecule has 4 aliphatic heterocycles. The minimum absolute atomic E-state index is 0.467. The van der Waals surface area contributed by atoms with E-state index in [2.05, 4.69) is 117 Å². The molecule has 5 aliphatic rings. The van der Waals surface area contributed by atoms with E-state index in [-0.39, 0.29) is 0 Å². The second-order valence-corrected chi connectivity index (χ2v) is 13.9. The summed E-state index contributed by atoms with van der Waals surface area (Å²) in [4.78, 5) is 10.8. The van der Waals surface area contributed by atoms with Crippen molar-refractivity contribution < 1.29 is 22.4 Å². The molecule has 1 fully saturated rings. The second kappa shape index (κ2) is 8.91. The van der Waals surface area contributed by atoms with E-state index in [1.54, 1.807) is 0 Å². The zero-order valence-electron chi connectivity index (χ0n) is 22.1. The zero-order valence-corrected chi connectivity index (χ0v) is 24.4. The van der Waals surface area contributed by atoms with Crippen LogP contribution in [0.1, 0.15) is 36.8 Å². The number of hydrogen-bond acceptors (Lipinski definition) is 5. The summed E-state index contributed by atoms with van der Waals surface area (Å²) in [5, 5.41) is 0. The second-order valence-electron chi connectivity index (χ2n) is 11.3. The molecule has 1 aliphatic carbocycles. The first-order chi connectivity index (χ1) is 19.8. The third-order valence-electron chi connectivity index (χ3n) is 8.86. The van der Waals surface area contributed by atoms with Crippen LogP contribution in [0.4, 0.5) is 22.7 Å². The van der Waals surface area contributed by atoms with Gasteiger partial charge in [-0.1, -0.05) is 0 Å². The molecule has 4 aromatic rings. The maximum absolute atomic E-state index is 6.43. The molecule has 6 heteroatoms. The SMILES string of the molecule is c1cc2cc(c1)Oc1cccc(c1)CN1[C]3=[Pt]=[C]4N(C2)c2ccccc2N4C2CCCCC2N3c2ccccc21. The summed E-state index contributed by atoms with van der Waals surface area (Å²) < 4.78 is 9.47. The third-order valence-corrected chi connectivity index (χ3v) is 12.2. The van der Waals surface area contributed by atoms with Gasteiger partial charge in [0.15, 0.2) is 0 Å². The maximum atomic E-state index is 6.43. The number of benzene rings is 4. The van der Waals surface area contributed by atoms with Crippen LogP contribution in [-0.4, -0.2) is 20.4 Å². The Balaban J connectivity index is 1.34. The van der Waals surface area contributed by atoms with Gasteiger partial charge < -0.3 is 0 Å². The molecule has 2 unspecified atom stereocenters. The van der Waals surface area contributed by atoms with Crippen LogP contribution in [0.3, 0.4) is 0 Å². The summed E-state index contributed by atoms with van der Waals surface area (Å²) >= 11 is -0.514. The first kappa shape index (κ1) is 23.1. The van der Waals surface area contributed by atoms with Gasteiger partial charge in [-0.3, -0.25) is 0 Å². The van der Waals surface area contributed by atoms with E-state index >= 15 is 0 Å². The predicted molar refractivity (Wildman–Crippen MR) is 159 cm³/mol. The van der Waals surface area contributed by atoms with Crippen molar-refractivity contribution >= 4 is 31.0 Å². The predicted octanol–water partition coefficient (Wildman–Crippen LogP) is 6.73. The van der Waals surface area contributed by atoms with Gasteiger partial charge in [-0.2, -0.15) is 0 Å². The number of hydrogen-bond donors (Lipinski definition) is 0. The first-order valence-electron chi connectivity index (χ1n) is 14.3. The Bertz CT molecular complexity index is 1620. The Labute approximate surface area is 242 Å². The Morgan fingerprint density at radius 1 is 0.550 bits per heavy atom. The topological polar surface area (TPSA) is 22.2 Å². The molecule has 0 aromatic heterocycles. The van der Waals surface area contributed by atoms with Crippen LogP contribution >= 0.6 is 0 Å². The van der Waals surface area contributed by atoms with Crippen LogP contribution in [0.2, 0.25) is 0 Å². The molecule has 0 spiro atoms. The molecule has 1 saturated carbocycles. The van der Waals surface area contributed by atoms with Crippen LogP contribution in [0, 0.1) is 0 Å². The Morgan fingerprint density at radius 3 is 1.52 bits per heavy atom. The average Bonchev–Trinajstić information content (AvgIpc) is 3.39. The molecule has 0 saturated heterocycles. The molecule has 4 heterocycles. The molecule has 0 N–H and O–H groups in total. The molecule has 202 valence electrons. The van der Waals surface area contributed by atoms with E-state index in [1.165, 1.54) is 67.9 Å². The van der Waals surface area contributed by atoms with Gasteiger partial charge in [0.05, 0.1) is 0 Å². The van der Waals surface area contributed by atoms with E-state index in [1.807, 2.05) is 0 Å². The van der Waals surface area contributed by atoms with E-state index < -0.39 is 17.6 Å². The molecule has 0 amide bonds. The summed E-state index contributed by atoms with van der Waals surface area (Å²) in [5.74, 6) is 1.79. The van der Waals surface area contributed by atoms with Crippen molar-refractivity contribution in [2.24, 2.45) is 0 Å². The fourth-order valence-electron chi connectivity index (χ4n) is 7.16. The van der Waals surface area contributed by atoms with Crippen molar-refractivity contribution in [3.05, 3.63) is 108 Å². The van der Waals surface area contributed by atoms with Gasteiger partial charge >= 0.3 is 244 Å². The Morgan fingerprint density at radius 2 is 1.02 bits per heavy atom. The monoisotopic (exact) mass is 705 g/mol. The zero-order chi connectivity index (χ0) is 26.2. The first-order valence-corrected chi connectivity index (χ1v) is 16.6. The van der Waals surface area contributed by atoms with Crippen LogP contribution in [0.25, 0.3) is 0 Å². The quantitative estimate of drug-likeness (QED) is 0.202. The van der Waals surface area contributed by atoms with Crippen molar-refractivity contribution in [1.29, 1.82) is 0 Å². The molecule has 40 heavy (non-hydrogen) atoms. The van der Waals surface area contributed by atoms with Gasteiger partial charge in [0.2, 0.25) is 0 Å². The number of fused-ring (bicyclic) bond motifs is 13. The number of ether oxygens (including phenoxy) is 1. The molecular formula is C34H30N4OPt. The van der Waals surface area contributed by atoms with Crippen molar-refractivity contribution in [3.63, 3.8) is 0 Å². The van der Waals surface area contributed by atoms with Gasteiger partial charge in [-0.15, -0.1) is 0 Å². The molecule has 4 aromatic carbocycles.